The van der Waals surface area contributed by atoms with Crippen molar-refractivity contribution in [1.82, 2.24) is 9.55 Å². The van der Waals surface area contributed by atoms with E-state index in [1.165, 1.54) is 43.3 Å². The Labute approximate surface area is 160 Å². The molecule has 0 atom stereocenters. The molecule has 27 heavy (non-hydrogen) atoms. The maximum atomic E-state index is 12.7. The summed E-state index contributed by atoms with van der Waals surface area (Å²) < 4.78 is 11.7. The fourth-order valence-electron chi connectivity index (χ4n) is 2.44. The minimum absolute atomic E-state index is 0.107. The number of ether oxygens (including phenoxy) is 2. The van der Waals surface area contributed by atoms with Crippen LogP contribution in [0.3, 0.4) is 0 Å². The average molecular weight is 386 g/mol. The van der Waals surface area contributed by atoms with Gasteiger partial charge in [-0.2, -0.15) is 0 Å². The summed E-state index contributed by atoms with van der Waals surface area (Å²) >= 11 is 5.98. The van der Waals surface area contributed by atoms with E-state index in [0.717, 1.165) is 0 Å². The topological polar surface area (TPSA) is 82.4 Å². The minimum Gasteiger partial charge on any atom is -0.497 e. The zero-order valence-electron chi connectivity index (χ0n) is 14.6. The van der Waals surface area contributed by atoms with Gasteiger partial charge in [0.05, 0.1) is 19.9 Å². The van der Waals surface area contributed by atoms with Crippen molar-refractivity contribution in [3.8, 4) is 17.2 Å². The average Bonchev–Trinajstić information content (AvgIpc) is 2.69. The largest absolute Gasteiger partial charge is 0.497 e. The number of nitrogens with zero attached hydrogens (tertiary/aromatic N) is 2. The third-order valence-electron chi connectivity index (χ3n) is 3.77. The van der Waals surface area contributed by atoms with E-state index >= 15 is 0 Å². The monoisotopic (exact) mass is 385 g/mol. The first kappa shape index (κ1) is 18.5. The predicted molar refractivity (Wildman–Crippen MR) is 102 cm³/mol. The SMILES string of the molecule is COc1cc(OC)cc(C(=O)Nc2nccn(-c3cccc(Cl)c3)c2=O)c1. The van der Waals surface area contributed by atoms with E-state index in [1.54, 1.807) is 30.3 Å². The maximum Gasteiger partial charge on any atom is 0.298 e. The van der Waals surface area contributed by atoms with Crippen LogP contribution in [0.15, 0.2) is 59.7 Å². The number of benzene rings is 2. The van der Waals surface area contributed by atoms with Gasteiger partial charge in [0.15, 0.2) is 5.82 Å². The summed E-state index contributed by atoms with van der Waals surface area (Å²) in [5.74, 6) is 0.290. The standard InChI is InChI=1S/C19H16ClN3O4/c1-26-15-8-12(9-16(11-15)27-2)18(24)22-17-19(25)23(7-6-21-17)14-5-3-4-13(20)10-14/h3-11H,1-2H3,(H,21,22,24). The van der Waals surface area contributed by atoms with Gasteiger partial charge in [-0.3, -0.25) is 14.2 Å². The Morgan fingerprint density at radius 2 is 1.81 bits per heavy atom. The van der Waals surface area contributed by atoms with E-state index in [4.69, 9.17) is 21.1 Å². The van der Waals surface area contributed by atoms with E-state index in [9.17, 15) is 9.59 Å². The number of methoxy groups -OCH3 is 2. The third-order valence-corrected chi connectivity index (χ3v) is 4.01. The van der Waals surface area contributed by atoms with Crippen molar-refractivity contribution in [3.63, 3.8) is 0 Å². The fourth-order valence-corrected chi connectivity index (χ4v) is 2.63. The number of hydrogen-bond acceptors (Lipinski definition) is 5. The van der Waals surface area contributed by atoms with Crippen molar-refractivity contribution in [3.05, 3.63) is 75.8 Å². The van der Waals surface area contributed by atoms with E-state index in [2.05, 4.69) is 10.3 Å². The lowest BCUT2D eigenvalue weighted by atomic mass is 10.2. The second kappa shape index (κ2) is 7.92. The van der Waals surface area contributed by atoms with Gasteiger partial charge >= 0.3 is 0 Å². The molecule has 1 N–H and O–H groups in total. The van der Waals surface area contributed by atoms with Crippen molar-refractivity contribution in [2.75, 3.05) is 19.5 Å². The Balaban J connectivity index is 1.94. The molecule has 3 rings (SSSR count). The van der Waals surface area contributed by atoms with Crippen molar-refractivity contribution >= 4 is 23.3 Å². The van der Waals surface area contributed by atoms with E-state index in [0.29, 0.717) is 22.2 Å². The molecule has 0 spiro atoms. The molecule has 0 aliphatic heterocycles. The number of aromatic nitrogens is 2. The predicted octanol–water partition coefficient (Wildman–Crippen LogP) is 3.16. The summed E-state index contributed by atoms with van der Waals surface area (Å²) in [6.07, 6.45) is 2.92. The first-order valence-corrected chi connectivity index (χ1v) is 8.27. The minimum atomic E-state index is -0.513. The molecule has 0 fully saturated rings. The number of halogens is 1. The lowest BCUT2D eigenvalue weighted by Gasteiger charge is -2.10. The molecule has 2 aromatic carbocycles. The molecular weight excluding hydrogens is 370 g/mol. The number of nitrogens with one attached hydrogen (secondary N) is 1. The van der Waals surface area contributed by atoms with E-state index in [1.807, 2.05) is 0 Å². The van der Waals surface area contributed by atoms with Crippen LogP contribution < -0.4 is 20.3 Å². The quantitative estimate of drug-likeness (QED) is 0.729. The van der Waals surface area contributed by atoms with Gasteiger partial charge in [-0.1, -0.05) is 17.7 Å². The highest BCUT2D eigenvalue weighted by atomic mass is 35.5. The molecule has 138 valence electrons. The highest BCUT2D eigenvalue weighted by molar-refractivity contribution is 6.30. The molecule has 0 bridgehead atoms. The van der Waals surface area contributed by atoms with Gasteiger partial charge in [0, 0.05) is 29.0 Å². The van der Waals surface area contributed by atoms with Crippen LogP contribution in [-0.2, 0) is 0 Å². The van der Waals surface area contributed by atoms with Crippen LogP contribution in [0, 0.1) is 0 Å². The molecule has 1 aromatic heterocycles. The second-order valence-electron chi connectivity index (χ2n) is 5.49. The van der Waals surface area contributed by atoms with Crippen molar-refractivity contribution in [2.24, 2.45) is 0 Å². The molecule has 0 aliphatic rings. The van der Waals surface area contributed by atoms with E-state index in [-0.39, 0.29) is 11.4 Å². The van der Waals surface area contributed by atoms with Crippen LogP contribution in [-0.4, -0.2) is 29.7 Å². The molecule has 0 radical (unpaired) electrons. The summed E-state index contributed by atoms with van der Waals surface area (Å²) in [4.78, 5) is 29.2. The summed E-state index contributed by atoms with van der Waals surface area (Å²) in [5.41, 5.74) is 0.349. The zero-order chi connectivity index (χ0) is 19.4. The Kier molecular flexibility index (Phi) is 5.42. The zero-order valence-corrected chi connectivity index (χ0v) is 15.4. The summed E-state index contributed by atoms with van der Waals surface area (Å²) in [6, 6.07) is 11.5. The molecule has 0 saturated carbocycles. The molecule has 0 saturated heterocycles. The molecule has 8 heteroatoms. The Morgan fingerprint density at radius 3 is 2.44 bits per heavy atom. The lowest BCUT2D eigenvalue weighted by molar-refractivity contribution is 0.102. The Hall–Kier alpha value is -3.32. The number of anilines is 1. The lowest BCUT2D eigenvalue weighted by Crippen LogP contribution is -2.26. The third kappa shape index (κ3) is 4.09. The fraction of sp³-hybridized carbons (Fsp3) is 0.105. The highest BCUT2D eigenvalue weighted by Crippen LogP contribution is 2.23. The number of rotatable bonds is 5. The number of amides is 1. The van der Waals surface area contributed by atoms with Gasteiger partial charge < -0.3 is 14.8 Å². The van der Waals surface area contributed by atoms with Gasteiger partial charge in [0.1, 0.15) is 11.5 Å². The van der Waals surface area contributed by atoms with Crippen LogP contribution >= 0.6 is 11.6 Å². The van der Waals surface area contributed by atoms with Crippen LogP contribution in [0.4, 0.5) is 5.82 Å². The van der Waals surface area contributed by atoms with Crippen LogP contribution in [0.2, 0.25) is 5.02 Å². The maximum absolute atomic E-state index is 12.7. The first-order valence-electron chi connectivity index (χ1n) is 7.90. The smallest absolute Gasteiger partial charge is 0.298 e. The Morgan fingerprint density at radius 1 is 1.11 bits per heavy atom. The molecule has 1 amide bonds. The van der Waals surface area contributed by atoms with Crippen molar-refractivity contribution < 1.29 is 14.3 Å². The van der Waals surface area contributed by atoms with E-state index < -0.39 is 11.5 Å². The van der Waals surface area contributed by atoms with Crippen molar-refractivity contribution in [2.45, 2.75) is 0 Å². The van der Waals surface area contributed by atoms with Crippen LogP contribution in [0.1, 0.15) is 10.4 Å². The number of hydrogen-bond donors (Lipinski definition) is 1. The molecule has 7 nitrogen and oxygen atoms in total. The van der Waals surface area contributed by atoms with Crippen molar-refractivity contribution in [1.29, 1.82) is 0 Å². The molecule has 0 unspecified atom stereocenters. The summed E-state index contributed by atoms with van der Waals surface area (Å²) in [5, 5.41) is 3.02. The summed E-state index contributed by atoms with van der Waals surface area (Å²) in [6.45, 7) is 0. The van der Waals surface area contributed by atoms with Gasteiger partial charge in [-0.05, 0) is 30.3 Å². The number of carbonyl (C=O) groups excluding carboxylic acids is 1. The normalized spacial score (nSPS) is 10.3. The van der Waals surface area contributed by atoms with Gasteiger partial charge in [0.25, 0.3) is 11.5 Å². The molecular formula is C19H16ClN3O4. The molecule has 0 aliphatic carbocycles. The highest BCUT2D eigenvalue weighted by Gasteiger charge is 2.14. The Bertz CT molecular complexity index is 1030. The second-order valence-corrected chi connectivity index (χ2v) is 5.92. The first-order chi connectivity index (χ1) is 13.0. The number of carbonyl (C=O) groups is 1. The van der Waals surface area contributed by atoms with Crippen LogP contribution in [0.5, 0.6) is 11.5 Å². The van der Waals surface area contributed by atoms with Crippen LogP contribution in [0.25, 0.3) is 5.69 Å². The van der Waals surface area contributed by atoms with Gasteiger partial charge in [-0.15, -0.1) is 0 Å². The molecule has 1 heterocycles. The summed E-state index contributed by atoms with van der Waals surface area (Å²) in [7, 11) is 2.97. The van der Waals surface area contributed by atoms with Gasteiger partial charge in [0.2, 0.25) is 0 Å². The van der Waals surface area contributed by atoms with Gasteiger partial charge in [-0.25, -0.2) is 4.98 Å². The molecule has 3 aromatic rings.